The number of rotatable bonds is 3. The number of hydrogen-bond donors (Lipinski definition) is 0. The zero-order valence-corrected chi connectivity index (χ0v) is 15.7. The lowest BCUT2D eigenvalue weighted by atomic mass is 9.98. The third-order valence-electron chi connectivity index (χ3n) is 4.43. The van der Waals surface area contributed by atoms with Crippen LogP contribution in [0.25, 0.3) is 22.0 Å². The molecule has 0 saturated heterocycles. The molecule has 23 heavy (non-hydrogen) atoms. The maximum absolute atomic E-state index is 4.84. The summed E-state index contributed by atoms with van der Waals surface area (Å²) >= 11 is 0. The molecule has 0 saturated carbocycles. The first kappa shape index (κ1) is 15.9. The van der Waals surface area contributed by atoms with Crippen LogP contribution in [-0.2, 0) is 0 Å². The highest BCUT2D eigenvalue weighted by Crippen LogP contribution is 2.29. The van der Waals surface area contributed by atoms with E-state index in [9.17, 15) is 0 Å². The number of fused-ring (bicyclic) bond motifs is 1. The van der Waals surface area contributed by atoms with Crippen molar-refractivity contribution in [2.45, 2.75) is 39.4 Å². The highest BCUT2D eigenvalue weighted by molar-refractivity contribution is 6.89. The van der Waals surface area contributed by atoms with E-state index in [0.29, 0.717) is 5.92 Å². The van der Waals surface area contributed by atoms with Crippen LogP contribution in [0.15, 0.2) is 54.7 Å². The fourth-order valence-corrected chi connectivity index (χ4v) is 4.85. The minimum absolute atomic E-state index is 0.522. The van der Waals surface area contributed by atoms with Crippen LogP contribution in [0.1, 0.15) is 25.3 Å². The monoisotopic (exact) mass is 319 g/mol. The van der Waals surface area contributed by atoms with Gasteiger partial charge in [0.15, 0.2) is 0 Å². The molecule has 0 radical (unpaired) electrons. The van der Waals surface area contributed by atoms with Crippen molar-refractivity contribution >= 4 is 24.0 Å². The SMILES string of the molecule is CC(C)c1cc(-c2cccc3ccccc23)ncc1[Si](C)(C)C. The number of aromatic nitrogens is 1. The molecule has 0 atom stereocenters. The number of benzene rings is 2. The highest BCUT2D eigenvalue weighted by Gasteiger charge is 2.22. The Morgan fingerprint density at radius 1 is 0.913 bits per heavy atom. The first-order valence-electron chi connectivity index (χ1n) is 8.36. The molecule has 0 aliphatic carbocycles. The van der Waals surface area contributed by atoms with Crippen LogP contribution >= 0.6 is 0 Å². The number of nitrogens with zero attached hydrogens (tertiary/aromatic N) is 1. The highest BCUT2D eigenvalue weighted by atomic mass is 28.3. The Kier molecular flexibility index (Phi) is 4.11. The second kappa shape index (κ2) is 5.93. The molecular weight excluding hydrogens is 294 g/mol. The lowest BCUT2D eigenvalue weighted by molar-refractivity contribution is 0.870. The summed E-state index contributed by atoms with van der Waals surface area (Å²) in [7, 11) is -1.38. The molecule has 0 bridgehead atoms. The zero-order valence-electron chi connectivity index (χ0n) is 14.7. The Morgan fingerprint density at radius 3 is 2.30 bits per heavy atom. The van der Waals surface area contributed by atoms with E-state index >= 15 is 0 Å². The molecule has 1 nitrogen and oxygen atoms in total. The van der Waals surface area contributed by atoms with Crippen LogP contribution < -0.4 is 5.19 Å². The quantitative estimate of drug-likeness (QED) is 0.575. The fraction of sp³-hybridized carbons (Fsp3) is 0.286. The minimum Gasteiger partial charge on any atom is -0.256 e. The van der Waals surface area contributed by atoms with E-state index in [1.807, 2.05) is 0 Å². The fourth-order valence-electron chi connectivity index (χ4n) is 3.17. The molecule has 0 aliphatic rings. The van der Waals surface area contributed by atoms with Gasteiger partial charge >= 0.3 is 0 Å². The van der Waals surface area contributed by atoms with Crippen LogP contribution in [-0.4, -0.2) is 13.1 Å². The average Bonchev–Trinajstić information content (AvgIpc) is 2.53. The van der Waals surface area contributed by atoms with Gasteiger partial charge in [0.2, 0.25) is 0 Å². The molecule has 0 spiro atoms. The van der Waals surface area contributed by atoms with Gasteiger partial charge in [-0.2, -0.15) is 0 Å². The third kappa shape index (κ3) is 3.09. The second-order valence-corrected chi connectivity index (χ2v) is 12.6. The maximum Gasteiger partial charge on any atom is 0.0799 e. The summed E-state index contributed by atoms with van der Waals surface area (Å²) in [6, 6.07) is 17.3. The predicted molar refractivity (Wildman–Crippen MR) is 104 cm³/mol. The summed E-state index contributed by atoms with van der Waals surface area (Å²) in [5.41, 5.74) is 3.78. The van der Waals surface area contributed by atoms with Crippen molar-refractivity contribution in [2.75, 3.05) is 0 Å². The Labute approximate surface area is 140 Å². The van der Waals surface area contributed by atoms with Crippen LogP contribution in [0.4, 0.5) is 0 Å². The van der Waals surface area contributed by atoms with Gasteiger partial charge in [-0.1, -0.05) is 76.0 Å². The Balaban J connectivity index is 2.22. The topological polar surface area (TPSA) is 12.9 Å². The molecule has 0 N–H and O–H groups in total. The zero-order chi connectivity index (χ0) is 16.6. The van der Waals surface area contributed by atoms with E-state index in [1.165, 1.54) is 27.1 Å². The van der Waals surface area contributed by atoms with Gasteiger partial charge in [-0.3, -0.25) is 4.98 Å². The Hall–Kier alpha value is -1.93. The molecule has 1 aromatic heterocycles. The number of pyridine rings is 1. The summed E-state index contributed by atoms with van der Waals surface area (Å²) in [5, 5.41) is 4.03. The van der Waals surface area contributed by atoms with Gasteiger partial charge in [0.1, 0.15) is 0 Å². The van der Waals surface area contributed by atoms with Crippen LogP contribution in [0.2, 0.25) is 19.6 Å². The van der Waals surface area contributed by atoms with Gasteiger partial charge in [-0.05, 0) is 33.5 Å². The largest absolute Gasteiger partial charge is 0.256 e. The Bertz CT molecular complexity index is 839. The van der Waals surface area contributed by atoms with Crippen LogP contribution in [0, 0.1) is 0 Å². The first-order valence-corrected chi connectivity index (χ1v) is 11.9. The summed E-state index contributed by atoms with van der Waals surface area (Å²) in [5.74, 6) is 0.522. The van der Waals surface area contributed by atoms with Crippen molar-refractivity contribution < 1.29 is 0 Å². The average molecular weight is 320 g/mol. The van der Waals surface area contributed by atoms with Gasteiger partial charge < -0.3 is 0 Å². The lowest BCUT2D eigenvalue weighted by Gasteiger charge is -2.23. The van der Waals surface area contributed by atoms with Crippen molar-refractivity contribution in [2.24, 2.45) is 0 Å². The Morgan fingerprint density at radius 2 is 1.61 bits per heavy atom. The molecule has 0 fully saturated rings. The molecule has 2 heteroatoms. The van der Waals surface area contributed by atoms with Crippen LogP contribution in [0.5, 0.6) is 0 Å². The van der Waals surface area contributed by atoms with Crippen molar-refractivity contribution in [1.82, 2.24) is 4.98 Å². The van der Waals surface area contributed by atoms with Crippen molar-refractivity contribution in [1.29, 1.82) is 0 Å². The predicted octanol–water partition coefficient (Wildman–Crippen LogP) is 5.57. The molecular formula is C21H25NSi. The molecule has 1 heterocycles. The van der Waals surface area contributed by atoms with Crippen molar-refractivity contribution in [3.63, 3.8) is 0 Å². The summed E-state index contributed by atoms with van der Waals surface area (Å²) in [4.78, 5) is 4.84. The van der Waals surface area contributed by atoms with Gasteiger partial charge in [-0.15, -0.1) is 0 Å². The third-order valence-corrected chi connectivity index (χ3v) is 6.47. The molecule has 118 valence electrons. The van der Waals surface area contributed by atoms with E-state index < -0.39 is 8.07 Å². The van der Waals surface area contributed by atoms with E-state index in [0.717, 1.165) is 5.69 Å². The smallest absolute Gasteiger partial charge is 0.0799 e. The molecule has 0 amide bonds. The van der Waals surface area contributed by atoms with Crippen LogP contribution in [0.3, 0.4) is 0 Å². The lowest BCUT2D eigenvalue weighted by Crippen LogP contribution is -2.40. The minimum atomic E-state index is -1.38. The van der Waals surface area contributed by atoms with Crippen molar-refractivity contribution in [3.05, 3.63) is 60.3 Å². The van der Waals surface area contributed by atoms with Crippen molar-refractivity contribution in [3.8, 4) is 11.3 Å². The maximum atomic E-state index is 4.84. The van der Waals surface area contributed by atoms with Gasteiger partial charge in [-0.25, -0.2) is 0 Å². The van der Waals surface area contributed by atoms with E-state index in [-0.39, 0.29) is 0 Å². The van der Waals surface area contributed by atoms with Gasteiger partial charge in [0.05, 0.1) is 13.8 Å². The molecule has 3 aromatic rings. The van der Waals surface area contributed by atoms with E-state index in [2.05, 4.69) is 88.2 Å². The van der Waals surface area contributed by atoms with Gasteiger partial charge in [0.25, 0.3) is 0 Å². The van der Waals surface area contributed by atoms with E-state index in [4.69, 9.17) is 4.98 Å². The molecule has 0 unspecified atom stereocenters. The summed E-state index contributed by atoms with van der Waals surface area (Å²) in [6.45, 7) is 11.8. The van der Waals surface area contributed by atoms with Gasteiger partial charge in [0, 0.05) is 11.8 Å². The summed E-state index contributed by atoms with van der Waals surface area (Å²) in [6.07, 6.45) is 2.14. The normalized spacial score (nSPS) is 12.1. The molecule has 2 aromatic carbocycles. The standard InChI is InChI=1S/C21H25NSi/c1-15(2)19-13-20(22-14-21(19)23(3,4)5)18-12-8-10-16-9-6-7-11-17(16)18/h6-15H,1-5H3. The summed E-state index contributed by atoms with van der Waals surface area (Å²) < 4.78 is 0. The van der Waals surface area contributed by atoms with E-state index in [1.54, 1.807) is 0 Å². The second-order valence-electron chi connectivity index (χ2n) is 7.59. The first-order chi connectivity index (χ1) is 10.9. The molecule has 3 rings (SSSR count). The molecule has 0 aliphatic heterocycles. The number of hydrogen-bond acceptors (Lipinski definition) is 1.